The second kappa shape index (κ2) is 6.20. The molecule has 0 bridgehead atoms. The van der Waals surface area contributed by atoms with Crippen LogP contribution in [-0.4, -0.2) is 44.0 Å². The van der Waals surface area contributed by atoms with Gasteiger partial charge in [0.15, 0.2) is 0 Å². The number of methoxy groups -OCH3 is 1. The Labute approximate surface area is 98.5 Å². The van der Waals surface area contributed by atoms with Crippen molar-refractivity contribution in [3.05, 3.63) is 0 Å². The molecule has 4 nitrogen and oxygen atoms in total. The first kappa shape index (κ1) is 16.2. The third-order valence-corrected chi connectivity index (χ3v) is 2.52. The number of rotatable bonds is 6. The van der Waals surface area contributed by atoms with Gasteiger partial charge in [-0.1, -0.05) is 0 Å². The fraction of sp³-hybridized carbons (Fsp3) is 0.900. The molecule has 0 aliphatic rings. The van der Waals surface area contributed by atoms with E-state index in [-0.39, 0.29) is 6.61 Å². The predicted molar refractivity (Wildman–Crippen MR) is 55.6 cm³/mol. The summed E-state index contributed by atoms with van der Waals surface area (Å²) in [6.07, 6.45) is -5.15. The van der Waals surface area contributed by atoms with E-state index in [9.17, 15) is 18.0 Å². The Morgan fingerprint density at radius 3 is 2.29 bits per heavy atom. The maximum absolute atomic E-state index is 12.1. The molecule has 0 aliphatic heterocycles. The summed E-state index contributed by atoms with van der Waals surface area (Å²) >= 11 is 0. The lowest BCUT2D eigenvalue weighted by molar-refractivity contribution is -0.161. The normalized spacial score (nSPS) is 17.4. The number of esters is 1. The van der Waals surface area contributed by atoms with Crippen LogP contribution in [0.4, 0.5) is 13.2 Å². The summed E-state index contributed by atoms with van der Waals surface area (Å²) in [6, 6.07) is 0. The van der Waals surface area contributed by atoms with Crippen molar-refractivity contribution in [1.29, 1.82) is 0 Å². The van der Waals surface area contributed by atoms with Crippen molar-refractivity contribution < 1.29 is 27.4 Å². The second-order valence-electron chi connectivity index (χ2n) is 3.77. The minimum atomic E-state index is -4.40. The molecular formula is C10H18F3NO3. The summed E-state index contributed by atoms with van der Waals surface area (Å²) in [5, 5.41) is 2.15. The Balaban J connectivity index is 4.79. The van der Waals surface area contributed by atoms with Gasteiger partial charge in [0.05, 0.1) is 19.3 Å². The number of hydrogen-bond acceptors (Lipinski definition) is 4. The maximum atomic E-state index is 12.1. The number of hydrogen-bond donors (Lipinski definition) is 1. The number of ether oxygens (including phenoxy) is 2. The van der Waals surface area contributed by atoms with E-state index >= 15 is 0 Å². The lowest BCUT2D eigenvalue weighted by Gasteiger charge is -2.33. The Morgan fingerprint density at radius 2 is 1.94 bits per heavy atom. The number of carbonyl (C=O) groups is 1. The van der Waals surface area contributed by atoms with Crippen LogP contribution in [0.25, 0.3) is 0 Å². The Hall–Kier alpha value is -0.820. The minimum Gasteiger partial charge on any atom is -0.465 e. The molecule has 0 rings (SSSR count). The molecule has 102 valence electrons. The molecule has 0 heterocycles. The highest BCUT2D eigenvalue weighted by molar-refractivity contribution is 5.81. The lowest BCUT2D eigenvalue weighted by atomic mass is 9.95. The summed E-state index contributed by atoms with van der Waals surface area (Å²) in [5.74, 6) is -0.765. The van der Waals surface area contributed by atoms with Crippen LogP contribution in [0.3, 0.4) is 0 Å². The van der Waals surface area contributed by atoms with E-state index in [2.05, 4.69) is 5.32 Å². The molecule has 2 unspecified atom stereocenters. The molecule has 0 amide bonds. The van der Waals surface area contributed by atoms with E-state index in [1.807, 2.05) is 0 Å². The summed E-state index contributed by atoms with van der Waals surface area (Å²) < 4.78 is 46.1. The van der Waals surface area contributed by atoms with Crippen molar-refractivity contribution in [2.75, 3.05) is 20.3 Å². The van der Waals surface area contributed by atoms with Gasteiger partial charge >= 0.3 is 12.1 Å². The van der Waals surface area contributed by atoms with Crippen LogP contribution in [0.2, 0.25) is 0 Å². The fourth-order valence-corrected chi connectivity index (χ4v) is 1.18. The van der Waals surface area contributed by atoms with Gasteiger partial charge in [0.25, 0.3) is 0 Å². The van der Waals surface area contributed by atoms with Crippen LogP contribution < -0.4 is 5.32 Å². The molecule has 0 spiro atoms. The molecule has 17 heavy (non-hydrogen) atoms. The van der Waals surface area contributed by atoms with E-state index < -0.39 is 30.3 Å². The number of nitrogens with one attached hydrogen (secondary N) is 1. The minimum absolute atomic E-state index is 0.0958. The molecular weight excluding hydrogens is 239 g/mol. The first-order valence-electron chi connectivity index (χ1n) is 5.19. The van der Waals surface area contributed by atoms with Gasteiger partial charge in [0.2, 0.25) is 0 Å². The van der Waals surface area contributed by atoms with Gasteiger partial charge in [-0.25, -0.2) is 4.79 Å². The van der Waals surface area contributed by atoms with Crippen LogP contribution in [0.15, 0.2) is 0 Å². The van der Waals surface area contributed by atoms with Crippen molar-refractivity contribution in [2.24, 2.45) is 0 Å². The van der Waals surface area contributed by atoms with Gasteiger partial charge in [-0.2, -0.15) is 13.2 Å². The van der Waals surface area contributed by atoms with Gasteiger partial charge in [-0.05, 0) is 20.8 Å². The summed E-state index contributed by atoms with van der Waals surface area (Å²) in [7, 11) is 1.32. The third-order valence-electron chi connectivity index (χ3n) is 2.52. The zero-order valence-electron chi connectivity index (χ0n) is 10.4. The molecule has 0 aromatic rings. The lowest BCUT2D eigenvalue weighted by Crippen LogP contribution is -2.60. The van der Waals surface area contributed by atoms with Crippen LogP contribution in [0.5, 0.6) is 0 Å². The molecule has 0 radical (unpaired) electrons. The summed E-state index contributed by atoms with van der Waals surface area (Å²) in [5.41, 5.74) is -1.53. The SMILES string of the molecule is CCOC(=O)C(C)(NCC(F)(F)F)C(C)OC. The molecule has 0 saturated carbocycles. The summed E-state index contributed by atoms with van der Waals surface area (Å²) in [6.45, 7) is 3.22. The van der Waals surface area contributed by atoms with E-state index in [0.717, 1.165) is 0 Å². The molecule has 0 aromatic heterocycles. The first-order chi connectivity index (χ1) is 7.67. The van der Waals surface area contributed by atoms with Crippen LogP contribution >= 0.6 is 0 Å². The second-order valence-corrected chi connectivity index (χ2v) is 3.77. The van der Waals surface area contributed by atoms with Crippen molar-refractivity contribution in [3.63, 3.8) is 0 Å². The topological polar surface area (TPSA) is 47.6 Å². The highest BCUT2D eigenvalue weighted by atomic mass is 19.4. The van der Waals surface area contributed by atoms with Gasteiger partial charge < -0.3 is 9.47 Å². The van der Waals surface area contributed by atoms with Gasteiger partial charge in [-0.3, -0.25) is 5.32 Å². The Morgan fingerprint density at radius 1 is 1.41 bits per heavy atom. The van der Waals surface area contributed by atoms with E-state index in [1.165, 1.54) is 21.0 Å². The third kappa shape index (κ3) is 4.91. The molecule has 2 atom stereocenters. The van der Waals surface area contributed by atoms with Crippen molar-refractivity contribution in [3.8, 4) is 0 Å². The number of alkyl halides is 3. The van der Waals surface area contributed by atoms with Crippen molar-refractivity contribution >= 4 is 5.97 Å². The molecule has 0 aliphatic carbocycles. The van der Waals surface area contributed by atoms with E-state index in [1.54, 1.807) is 6.92 Å². The van der Waals surface area contributed by atoms with Gasteiger partial charge in [0, 0.05) is 7.11 Å². The smallest absolute Gasteiger partial charge is 0.401 e. The van der Waals surface area contributed by atoms with Crippen LogP contribution in [0, 0.1) is 0 Å². The fourth-order valence-electron chi connectivity index (χ4n) is 1.18. The predicted octanol–water partition coefficient (Wildman–Crippen LogP) is 1.50. The molecule has 0 saturated heterocycles. The standard InChI is InChI=1S/C10H18F3NO3/c1-5-17-8(15)9(3,7(2)16-4)14-6-10(11,12)13/h7,14H,5-6H2,1-4H3. The monoisotopic (exact) mass is 257 g/mol. The Bertz CT molecular complexity index is 258. The van der Waals surface area contributed by atoms with Crippen LogP contribution in [-0.2, 0) is 14.3 Å². The quantitative estimate of drug-likeness (QED) is 0.732. The zero-order chi connectivity index (χ0) is 13.7. The molecule has 1 N–H and O–H groups in total. The largest absolute Gasteiger partial charge is 0.465 e. The average molecular weight is 257 g/mol. The highest BCUT2D eigenvalue weighted by Crippen LogP contribution is 2.19. The van der Waals surface area contributed by atoms with Gasteiger partial charge in [0.1, 0.15) is 5.54 Å². The van der Waals surface area contributed by atoms with Crippen LogP contribution in [0.1, 0.15) is 20.8 Å². The number of carbonyl (C=O) groups excluding carboxylic acids is 1. The number of halogens is 3. The molecule has 7 heteroatoms. The summed E-state index contributed by atoms with van der Waals surface area (Å²) in [4.78, 5) is 11.7. The van der Waals surface area contributed by atoms with Crippen molar-refractivity contribution in [2.45, 2.75) is 38.6 Å². The zero-order valence-corrected chi connectivity index (χ0v) is 10.4. The van der Waals surface area contributed by atoms with E-state index in [4.69, 9.17) is 9.47 Å². The van der Waals surface area contributed by atoms with Gasteiger partial charge in [-0.15, -0.1) is 0 Å². The van der Waals surface area contributed by atoms with E-state index in [0.29, 0.717) is 0 Å². The molecule has 0 fully saturated rings. The van der Waals surface area contributed by atoms with Crippen molar-refractivity contribution in [1.82, 2.24) is 5.32 Å². The Kier molecular flexibility index (Phi) is 5.91. The average Bonchev–Trinajstić information content (AvgIpc) is 2.24. The first-order valence-corrected chi connectivity index (χ1v) is 5.19. The molecule has 0 aromatic carbocycles. The maximum Gasteiger partial charge on any atom is 0.401 e. The highest BCUT2D eigenvalue weighted by Gasteiger charge is 2.43.